The summed E-state index contributed by atoms with van der Waals surface area (Å²) in [7, 11) is -1.44. The van der Waals surface area contributed by atoms with E-state index < -0.39 is 10.0 Å². The third-order valence-electron chi connectivity index (χ3n) is 4.61. The topological polar surface area (TPSA) is 67.4 Å². The van der Waals surface area contributed by atoms with Crippen LogP contribution in [0.25, 0.3) is 0 Å². The van der Waals surface area contributed by atoms with E-state index in [1.807, 2.05) is 0 Å². The van der Waals surface area contributed by atoms with Crippen LogP contribution in [0.2, 0.25) is 0 Å². The minimum absolute atomic E-state index is 0.173. The van der Waals surface area contributed by atoms with Crippen LogP contribution in [0.4, 0.5) is 0 Å². The van der Waals surface area contributed by atoms with Crippen LogP contribution in [0.3, 0.4) is 0 Å². The predicted octanol–water partition coefficient (Wildman–Crippen LogP) is 1.25. The molecule has 1 atom stereocenters. The summed E-state index contributed by atoms with van der Waals surface area (Å²) in [5, 5.41) is 3.40. The fourth-order valence-corrected chi connectivity index (χ4v) is 4.08. The van der Waals surface area contributed by atoms with Gasteiger partial charge in [0.05, 0.1) is 5.75 Å². The van der Waals surface area contributed by atoms with E-state index in [1.165, 1.54) is 12.8 Å². The highest BCUT2D eigenvalue weighted by Gasteiger charge is 2.42. The third-order valence-corrected chi connectivity index (χ3v) is 5.97. The molecule has 5 nitrogen and oxygen atoms in total. The summed E-state index contributed by atoms with van der Waals surface area (Å²) in [6.45, 7) is 2.32. The van der Waals surface area contributed by atoms with Crippen molar-refractivity contribution in [3.05, 3.63) is 0 Å². The van der Waals surface area contributed by atoms with Crippen LogP contribution in [0.1, 0.15) is 44.9 Å². The summed E-state index contributed by atoms with van der Waals surface area (Å²) in [4.78, 5) is 0. The molecule has 2 N–H and O–H groups in total. The van der Waals surface area contributed by atoms with Gasteiger partial charge in [0, 0.05) is 26.3 Å². The first-order valence-corrected chi connectivity index (χ1v) is 9.40. The minimum atomic E-state index is -3.13. The summed E-state index contributed by atoms with van der Waals surface area (Å²) >= 11 is 0. The highest BCUT2D eigenvalue weighted by molar-refractivity contribution is 7.89. The summed E-state index contributed by atoms with van der Waals surface area (Å²) in [5.41, 5.74) is 0.173. The summed E-state index contributed by atoms with van der Waals surface area (Å²) in [5.74, 6) is 0.241. The van der Waals surface area contributed by atoms with Crippen molar-refractivity contribution in [2.45, 2.75) is 51.0 Å². The number of rotatable bonds is 9. The molecule has 20 heavy (non-hydrogen) atoms. The number of hydrogen-bond acceptors (Lipinski definition) is 4. The average Bonchev–Trinajstić information content (AvgIpc) is 3.23. The van der Waals surface area contributed by atoms with E-state index in [1.54, 1.807) is 7.11 Å². The minimum Gasteiger partial charge on any atom is -0.385 e. The van der Waals surface area contributed by atoms with E-state index in [9.17, 15) is 8.42 Å². The Hall–Kier alpha value is -0.170. The van der Waals surface area contributed by atoms with Crippen molar-refractivity contribution in [3.63, 3.8) is 0 Å². The highest BCUT2D eigenvalue weighted by atomic mass is 32.2. The fraction of sp³-hybridized carbons (Fsp3) is 1.00. The van der Waals surface area contributed by atoms with Gasteiger partial charge in [-0.3, -0.25) is 0 Å². The maximum absolute atomic E-state index is 12.1. The van der Waals surface area contributed by atoms with Gasteiger partial charge < -0.3 is 10.1 Å². The van der Waals surface area contributed by atoms with Crippen molar-refractivity contribution in [3.8, 4) is 0 Å². The van der Waals surface area contributed by atoms with Gasteiger partial charge in [-0.15, -0.1) is 0 Å². The number of ether oxygens (including phenoxy) is 1. The van der Waals surface area contributed by atoms with Gasteiger partial charge in [-0.2, -0.15) is 0 Å². The molecule has 0 aromatic rings. The van der Waals surface area contributed by atoms with E-state index in [-0.39, 0.29) is 11.2 Å². The Kier molecular flexibility index (Phi) is 5.84. The summed E-state index contributed by atoms with van der Waals surface area (Å²) in [6.07, 6.45) is 7.44. The number of piperidine rings is 1. The maximum Gasteiger partial charge on any atom is 0.211 e. The van der Waals surface area contributed by atoms with Crippen molar-refractivity contribution in [1.82, 2.24) is 10.0 Å². The lowest BCUT2D eigenvalue weighted by molar-refractivity contribution is 0.173. The van der Waals surface area contributed by atoms with Crippen molar-refractivity contribution in [1.29, 1.82) is 0 Å². The van der Waals surface area contributed by atoms with Gasteiger partial charge in [-0.05, 0) is 50.5 Å². The molecule has 6 heteroatoms. The number of hydrogen-bond donors (Lipinski definition) is 2. The first kappa shape index (κ1) is 16.2. The Morgan fingerprint density at radius 3 is 2.75 bits per heavy atom. The lowest BCUT2D eigenvalue weighted by Crippen LogP contribution is -2.38. The number of sulfonamides is 1. The second kappa shape index (κ2) is 7.20. The second-order valence-electron chi connectivity index (χ2n) is 6.32. The zero-order valence-corrected chi connectivity index (χ0v) is 13.3. The second-order valence-corrected chi connectivity index (χ2v) is 8.24. The van der Waals surface area contributed by atoms with E-state index in [0.29, 0.717) is 19.2 Å². The first-order valence-electron chi connectivity index (χ1n) is 7.75. The number of nitrogens with one attached hydrogen (secondary N) is 2. The molecule has 1 unspecified atom stereocenters. The Bertz CT molecular complexity index is 387. The largest absolute Gasteiger partial charge is 0.385 e. The maximum atomic E-state index is 12.1. The highest BCUT2D eigenvalue weighted by Crippen LogP contribution is 2.48. The molecule has 0 amide bonds. The number of methoxy groups -OCH3 is 1. The molecule has 1 saturated heterocycles. The molecule has 0 spiro atoms. The molecule has 2 aliphatic rings. The lowest BCUT2D eigenvalue weighted by atomic mass is 10.0. The van der Waals surface area contributed by atoms with Crippen LogP contribution < -0.4 is 10.0 Å². The normalized spacial score (nSPS) is 25.6. The van der Waals surface area contributed by atoms with E-state index >= 15 is 0 Å². The fourth-order valence-electron chi connectivity index (χ4n) is 2.81. The zero-order valence-electron chi connectivity index (χ0n) is 12.5. The van der Waals surface area contributed by atoms with Crippen molar-refractivity contribution in [2.24, 2.45) is 5.41 Å². The molecule has 0 aromatic heterocycles. The average molecular weight is 304 g/mol. The Morgan fingerprint density at radius 2 is 2.15 bits per heavy atom. The molecule has 0 radical (unpaired) electrons. The Morgan fingerprint density at radius 1 is 1.35 bits per heavy atom. The monoisotopic (exact) mass is 304 g/mol. The third kappa shape index (κ3) is 5.31. The van der Waals surface area contributed by atoms with Crippen LogP contribution in [0.5, 0.6) is 0 Å². The van der Waals surface area contributed by atoms with Gasteiger partial charge in [0.2, 0.25) is 10.0 Å². The summed E-state index contributed by atoms with van der Waals surface area (Å²) < 4.78 is 32.0. The molecule has 1 heterocycles. The molecule has 2 rings (SSSR count). The molecule has 118 valence electrons. The van der Waals surface area contributed by atoms with Gasteiger partial charge in [0.25, 0.3) is 0 Å². The van der Waals surface area contributed by atoms with Crippen LogP contribution in [0.15, 0.2) is 0 Å². The predicted molar refractivity (Wildman–Crippen MR) is 80.2 cm³/mol. The van der Waals surface area contributed by atoms with Crippen LogP contribution in [-0.4, -0.2) is 47.0 Å². The van der Waals surface area contributed by atoms with Gasteiger partial charge in [0.15, 0.2) is 0 Å². The van der Waals surface area contributed by atoms with E-state index in [2.05, 4.69) is 10.0 Å². The molecule has 0 aromatic carbocycles. The van der Waals surface area contributed by atoms with Gasteiger partial charge in [-0.1, -0.05) is 6.42 Å². The molecule has 1 aliphatic heterocycles. The molecule has 2 fully saturated rings. The Balaban J connectivity index is 1.68. The molecule has 1 saturated carbocycles. The molecule has 0 bridgehead atoms. The molecular weight excluding hydrogens is 276 g/mol. The standard InChI is InChI=1S/C14H28N2O3S/c1-19-10-8-14(6-7-14)12-16-20(17,18)11-5-13-4-2-3-9-15-13/h13,15-16H,2-12H2,1H3. The van der Waals surface area contributed by atoms with Gasteiger partial charge >= 0.3 is 0 Å². The van der Waals surface area contributed by atoms with E-state index in [4.69, 9.17) is 4.74 Å². The van der Waals surface area contributed by atoms with Gasteiger partial charge in [0.1, 0.15) is 0 Å². The molecular formula is C14H28N2O3S. The van der Waals surface area contributed by atoms with E-state index in [0.717, 1.165) is 38.6 Å². The van der Waals surface area contributed by atoms with Crippen molar-refractivity contribution in [2.75, 3.05) is 32.6 Å². The zero-order chi connectivity index (χ0) is 14.5. The quantitative estimate of drug-likeness (QED) is 0.673. The van der Waals surface area contributed by atoms with Crippen LogP contribution >= 0.6 is 0 Å². The Labute approximate surface area is 122 Å². The van der Waals surface area contributed by atoms with Crippen molar-refractivity contribution < 1.29 is 13.2 Å². The van der Waals surface area contributed by atoms with Crippen molar-refractivity contribution >= 4 is 10.0 Å². The SMILES string of the molecule is COCCC1(CNS(=O)(=O)CCC2CCCCN2)CC1. The first-order chi connectivity index (χ1) is 9.55. The van der Waals surface area contributed by atoms with Crippen LogP contribution in [-0.2, 0) is 14.8 Å². The smallest absolute Gasteiger partial charge is 0.211 e. The molecule has 1 aliphatic carbocycles. The summed E-state index contributed by atoms with van der Waals surface area (Å²) in [6, 6.07) is 0.378. The lowest BCUT2D eigenvalue weighted by Gasteiger charge is -2.23. The van der Waals surface area contributed by atoms with Crippen LogP contribution in [0, 0.1) is 5.41 Å². The van der Waals surface area contributed by atoms with Gasteiger partial charge in [-0.25, -0.2) is 13.1 Å².